The first-order valence-corrected chi connectivity index (χ1v) is 6.10. The highest BCUT2D eigenvalue weighted by Crippen LogP contribution is 2.13. The van der Waals surface area contributed by atoms with Crippen LogP contribution in [0.3, 0.4) is 0 Å². The van der Waals surface area contributed by atoms with Gasteiger partial charge >= 0.3 is 0 Å². The molecule has 0 spiro atoms. The van der Waals surface area contributed by atoms with Crippen LogP contribution in [0, 0.1) is 0 Å². The first-order chi connectivity index (χ1) is 7.92. The third-order valence-electron chi connectivity index (χ3n) is 3.30. The lowest BCUT2D eigenvalue weighted by atomic mass is 10.1. The summed E-state index contributed by atoms with van der Waals surface area (Å²) >= 11 is 0. The number of fused-ring (bicyclic) bond motifs is 1. The number of rotatable bonds is 2. The van der Waals surface area contributed by atoms with Crippen LogP contribution >= 0.6 is 0 Å². The van der Waals surface area contributed by atoms with E-state index in [2.05, 4.69) is 4.98 Å². The number of para-hydroxylation sites is 2. The van der Waals surface area contributed by atoms with Crippen molar-refractivity contribution in [2.75, 3.05) is 13.1 Å². The summed E-state index contributed by atoms with van der Waals surface area (Å²) in [6.45, 7) is 3.46. The molecule has 1 N–H and O–H groups in total. The highest BCUT2D eigenvalue weighted by atomic mass is 16.3. The van der Waals surface area contributed by atoms with Crippen LogP contribution in [-0.4, -0.2) is 18.1 Å². The molecule has 1 aromatic carbocycles. The molecule has 84 valence electrons. The minimum atomic E-state index is 0.887. The largest absolute Gasteiger partial charge is 0.435 e. The van der Waals surface area contributed by atoms with E-state index in [1.807, 2.05) is 24.3 Å². The number of oxazole rings is 1. The standard InChI is InChI=1S/C13H16N2O/c1-4-8-15(9-5-1)10-13-14-11-6-2-3-7-12(11)16-13/h2-3,6-7H,1,4-5,8-10H2/p+1. The smallest absolute Gasteiger partial charge is 0.251 e. The third kappa shape index (κ3) is 1.95. The molecule has 1 aliphatic heterocycles. The van der Waals surface area contributed by atoms with Gasteiger partial charge in [0, 0.05) is 0 Å². The molecular formula is C13H17N2O+. The number of nitrogens with one attached hydrogen (secondary N) is 1. The zero-order chi connectivity index (χ0) is 10.8. The normalized spacial score (nSPS) is 18.0. The van der Waals surface area contributed by atoms with E-state index in [9.17, 15) is 0 Å². The van der Waals surface area contributed by atoms with Crippen LogP contribution in [-0.2, 0) is 6.54 Å². The molecule has 1 aliphatic rings. The summed E-state index contributed by atoms with van der Waals surface area (Å²) in [7, 11) is 0. The van der Waals surface area contributed by atoms with E-state index >= 15 is 0 Å². The molecule has 2 heterocycles. The van der Waals surface area contributed by atoms with Crippen molar-refractivity contribution in [1.82, 2.24) is 4.98 Å². The van der Waals surface area contributed by atoms with Crippen LogP contribution < -0.4 is 4.90 Å². The number of piperidine rings is 1. The van der Waals surface area contributed by atoms with E-state index in [0.717, 1.165) is 23.5 Å². The molecule has 0 amide bonds. The van der Waals surface area contributed by atoms with Gasteiger partial charge in [0.15, 0.2) is 12.1 Å². The van der Waals surface area contributed by atoms with Crippen molar-refractivity contribution in [2.24, 2.45) is 0 Å². The summed E-state index contributed by atoms with van der Waals surface area (Å²) in [5, 5.41) is 0. The Balaban J connectivity index is 1.78. The Labute approximate surface area is 95.1 Å². The molecule has 2 aromatic rings. The second-order valence-electron chi connectivity index (χ2n) is 4.56. The van der Waals surface area contributed by atoms with Crippen LogP contribution in [0.1, 0.15) is 25.2 Å². The molecule has 16 heavy (non-hydrogen) atoms. The number of likely N-dealkylation sites (tertiary alicyclic amines) is 1. The van der Waals surface area contributed by atoms with Crippen molar-refractivity contribution in [1.29, 1.82) is 0 Å². The minimum Gasteiger partial charge on any atom is -0.435 e. The Morgan fingerprint density at radius 3 is 2.75 bits per heavy atom. The van der Waals surface area contributed by atoms with Gasteiger partial charge in [-0.1, -0.05) is 12.1 Å². The van der Waals surface area contributed by atoms with Gasteiger partial charge in [0.25, 0.3) is 5.89 Å². The highest BCUT2D eigenvalue weighted by Gasteiger charge is 2.16. The molecule has 0 atom stereocenters. The summed E-state index contributed by atoms with van der Waals surface area (Å²) in [6.07, 6.45) is 4.07. The summed E-state index contributed by atoms with van der Waals surface area (Å²) in [5.41, 5.74) is 1.89. The first kappa shape index (κ1) is 9.85. The predicted octanol–water partition coefficient (Wildman–Crippen LogP) is 1.40. The van der Waals surface area contributed by atoms with Gasteiger partial charge in [-0.15, -0.1) is 0 Å². The maximum atomic E-state index is 5.74. The summed E-state index contributed by atoms with van der Waals surface area (Å²) in [5.74, 6) is 0.887. The summed E-state index contributed by atoms with van der Waals surface area (Å²) < 4.78 is 5.74. The molecule has 3 nitrogen and oxygen atoms in total. The lowest BCUT2D eigenvalue weighted by Crippen LogP contribution is -3.11. The first-order valence-electron chi connectivity index (χ1n) is 6.10. The number of hydrogen-bond acceptors (Lipinski definition) is 2. The van der Waals surface area contributed by atoms with Gasteiger partial charge in [0.05, 0.1) is 13.1 Å². The average Bonchev–Trinajstić information content (AvgIpc) is 2.72. The van der Waals surface area contributed by atoms with Crippen molar-refractivity contribution < 1.29 is 9.32 Å². The molecule has 0 aliphatic carbocycles. The Kier molecular flexibility index (Phi) is 2.62. The maximum Gasteiger partial charge on any atom is 0.251 e. The summed E-state index contributed by atoms with van der Waals surface area (Å²) in [6, 6.07) is 7.98. The van der Waals surface area contributed by atoms with Crippen molar-refractivity contribution in [3.8, 4) is 0 Å². The topological polar surface area (TPSA) is 30.5 Å². The number of nitrogens with zero attached hydrogens (tertiary/aromatic N) is 1. The van der Waals surface area contributed by atoms with Crippen LogP contribution in [0.5, 0.6) is 0 Å². The lowest BCUT2D eigenvalue weighted by Gasteiger charge is -2.21. The second-order valence-corrected chi connectivity index (χ2v) is 4.56. The Bertz CT molecular complexity index is 438. The van der Waals surface area contributed by atoms with Gasteiger partial charge < -0.3 is 9.32 Å². The summed E-state index contributed by atoms with van der Waals surface area (Å²) in [4.78, 5) is 6.13. The minimum absolute atomic E-state index is 0.887. The quantitative estimate of drug-likeness (QED) is 0.824. The fourth-order valence-electron chi connectivity index (χ4n) is 2.44. The number of benzene rings is 1. The van der Waals surface area contributed by atoms with E-state index in [1.54, 1.807) is 4.90 Å². The Morgan fingerprint density at radius 1 is 1.12 bits per heavy atom. The molecule has 1 saturated heterocycles. The van der Waals surface area contributed by atoms with Gasteiger partial charge in [0.1, 0.15) is 5.52 Å². The van der Waals surface area contributed by atoms with E-state index in [4.69, 9.17) is 4.42 Å². The van der Waals surface area contributed by atoms with Crippen molar-refractivity contribution in [2.45, 2.75) is 25.8 Å². The molecular weight excluding hydrogens is 200 g/mol. The second kappa shape index (κ2) is 4.26. The fourth-order valence-corrected chi connectivity index (χ4v) is 2.44. The molecule has 3 rings (SSSR count). The van der Waals surface area contributed by atoms with Crippen LogP contribution in [0.25, 0.3) is 11.1 Å². The van der Waals surface area contributed by atoms with Gasteiger partial charge in [0.2, 0.25) is 0 Å². The zero-order valence-electron chi connectivity index (χ0n) is 9.41. The fraction of sp³-hybridized carbons (Fsp3) is 0.462. The monoisotopic (exact) mass is 217 g/mol. The van der Waals surface area contributed by atoms with E-state index in [0.29, 0.717) is 0 Å². The Hall–Kier alpha value is -1.35. The van der Waals surface area contributed by atoms with Crippen molar-refractivity contribution >= 4 is 11.1 Å². The third-order valence-corrected chi connectivity index (χ3v) is 3.30. The maximum absolute atomic E-state index is 5.74. The molecule has 0 bridgehead atoms. The van der Waals surface area contributed by atoms with Crippen LogP contribution in [0.15, 0.2) is 28.7 Å². The average molecular weight is 217 g/mol. The molecule has 3 heteroatoms. The molecule has 1 fully saturated rings. The predicted molar refractivity (Wildman–Crippen MR) is 62.3 cm³/mol. The molecule has 1 aromatic heterocycles. The van der Waals surface area contributed by atoms with Gasteiger partial charge in [-0.25, -0.2) is 4.98 Å². The molecule has 0 radical (unpaired) electrons. The number of aromatic nitrogens is 1. The van der Waals surface area contributed by atoms with Crippen LogP contribution in [0.2, 0.25) is 0 Å². The molecule has 0 saturated carbocycles. The zero-order valence-corrected chi connectivity index (χ0v) is 9.41. The Morgan fingerprint density at radius 2 is 1.94 bits per heavy atom. The van der Waals surface area contributed by atoms with Gasteiger partial charge in [-0.05, 0) is 31.4 Å². The van der Waals surface area contributed by atoms with E-state index in [-0.39, 0.29) is 0 Å². The SMILES string of the molecule is c1ccc2oc(C[NH+]3CCCCC3)nc2c1. The lowest BCUT2D eigenvalue weighted by molar-refractivity contribution is -0.919. The van der Waals surface area contributed by atoms with Crippen LogP contribution in [0.4, 0.5) is 0 Å². The molecule has 0 unspecified atom stereocenters. The van der Waals surface area contributed by atoms with E-state index in [1.165, 1.54) is 32.4 Å². The highest BCUT2D eigenvalue weighted by molar-refractivity contribution is 5.71. The van der Waals surface area contributed by atoms with Crippen molar-refractivity contribution in [3.05, 3.63) is 30.2 Å². The number of hydrogen-bond donors (Lipinski definition) is 1. The van der Waals surface area contributed by atoms with Crippen molar-refractivity contribution in [3.63, 3.8) is 0 Å². The van der Waals surface area contributed by atoms with E-state index < -0.39 is 0 Å². The number of quaternary nitrogens is 1. The van der Waals surface area contributed by atoms with Gasteiger partial charge in [-0.3, -0.25) is 0 Å². The van der Waals surface area contributed by atoms with Gasteiger partial charge in [-0.2, -0.15) is 0 Å².